The van der Waals surface area contributed by atoms with Crippen LogP contribution in [-0.4, -0.2) is 49.2 Å². The number of carbonyl (C=O) groups is 1. The molecule has 0 spiro atoms. The van der Waals surface area contributed by atoms with Crippen molar-refractivity contribution in [1.29, 1.82) is 0 Å². The molecule has 18 heavy (non-hydrogen) atoms. The average molecular weight is 254 g/mol. The molecule has 1 saturated carbocycles. The van der Waals surface area contributed by atoms with E-state index in [1.807, 2.05) is 6.92 Å². The number of ether oxygens (including phenoxy) is 1. The zero-order valence-corrected chi connectivity index (χ0v) is 11.9. The van der Waals surface area contributed by atoms with Crippen LogP contribution < -0.4 is 5.32 Å². The lowest BCUT2D eigenvalue weighted by Crippen LogP contribution is -2.67. The van der Waals surface area contributed by atoms with E-state index in [-0.39, 0.29) is 11.5 Å². The lowest BCUT2D eigenvalue weighted by molar-refractivity contribution is -0.172. The molecule has 2 fully saturated rings. The zero-order valence-electron chi connectivity index (χ0n) is 11.9. The van der Waals surface area contributed by atoms with Gasteiger partial charge in [-0.3, -0.25) is 9.69 Å². The molecule has 0 radical (unpaired) electrons. The summed E-state index contributed by atoms with van der Waals surface area (Å²) in [4.78, 5) is 14.7. The van der Waals surface area contributed by atoms with Crippen LogP contribution in [0, 0.1) is 11.8 Å². The van der Waals surface area contributed by atoms with Crippen molar-refractivity contribution in [3.05, 3.63) is 0 Å². The van der Waals surface area contributed by atoms with Crippen LogP contribution in [0.5, 0.6) is 0 Å². The minimum Gasteiger partial charge on any atom is -0.465 e. The highest BCUT2D eigenvalue weighted by molar-refractivity contribution is 5.82. The molecule has 0 atom stereocenters. The molecule has 1 N–H and O–H groups in total. The fourth-order valence-corrected chi connectivity index (χ4v) is 3.19. The topological polar surface area (TPSA) is 41.6 Å². The Balaban J connectivity index is 2.06. The van der Waals surface area contributed by atoms with Gasteiger partial charge in [0.2, 0.25) is 0 Å². The number of nitrogens with one attached hydrogen (secondary N) is 1. The van der Waals surface area contributed by atoms with E-state index in [2.05, 4.69) is 24.1 Å². The molecule has 4 heteroatoms. The van der Waals surface area contributed by atoms with Crippen molar-refractivity contribution in [3.8, 4) is 0 Å². The fraction of sp³-hybridized carbons (Fsp3) is 0.929. The first kappa shape index (κ1) is 13.8. The first-order valence-corrected chi connectivity index (χ1v) is 7.23. The summed E-state index contributed by atoms with van der Waals surface area (Å²) in [7, 11) is 0. The number of piperazine rings is 1. The molecule has 2 aliphatic rings. The molecule has 2 rings (SSSR count). The van der Waals surface area contributed by atoms with Crippen molar-refractivity contribution < 1.29 is 9.53 Å². The number of esters is 1. The van der Waals surface area contributed by atoms with Gasteiger partial charge in [-0.1, -0.05) is 13.8 Å². The van der Waals surface area contributed by atoms with Crippen molar-refractivity contribution in [2.75, 3.05) is 32.8 Å². The highest BCUT2D eigenvalue weighted by Gasteiger charge is 2.55. The van der Waals surface area contributed by atoms with Gasteiger partial charge in [-0.25, -0.2) is 0 Å². The Labute approximate surface area is 110 Å². The second-order valence-corrected chi connectivity index (χ2v) is 5.90. The molecule has 0 amide bonds. The Bertz CT molecular complexity index is 292. The molecule has 104 valence electrons. The minimum absolute atomic E-state index is 0.00352. The van der Waals surface area contributed by atoms with Gasteiger partial charge in [-0.05, 0) is 31.6 Å². The molecule has 4 nitrogen and oxygen atoms in total. The third-order valence-corrected chi connectivity index (χ3v) is 4.52. The van der Waals surface area contributed by atoms with Crippen LogP contribution >= 0.6 is 0 Å². The summed E-state index contributed by atoms with van der Waals surface area (Å²) in [6, 6.07) is 0. The maximum atomic E-state index is 12.3. The third kappa shape index (κ3) is 2.41. The lowest BCUT2D eigenvalue weighted by Gasteiger charge is -2.54. The van der Waals surface area contributed by atoms with Gasteiger partial charge < -0.3 is 10.1 Å². The summed E-state index contributed by atoms with van der Waals surface area (Å²) < 4.78 is 5.33. The van der Waals surface area contributed by atoms with E-state index < -0.39 is 0 Å². The number of carbonyl (C=O) groups excluding carboxylic acids is 1. The molecule has 1 heterocycles. The van der Waals surface area contributed by atoms with E-state index >= 15 is 0 Å². The number of nitrogens with zero attached hydrogens (tertiary/aromatic N) is 1. The summed E-state index contributed by atoms with van der Waals surface area (Å²) in [5, 5.41) is 3.35. The van der Waals surface area contributed by atoms with Gasteiger partial charge in [-0.2, -0.15) is 0 Å². The predicted molar refractivity (Wildman–Crippen MR) is 71.4 cm³/mol. The Morgan fingerprint density at radius 3 is 2.50 bits per heavy atom. The Hall–Kier alpha value is -0.610. The standard InChI is InChI=1S/C14H26N2O2/c1-4-18-13(17)14(9-12(10-14)11(2)3)16-7-5-15-6-8-16/h11-12,15H,4-10H2,1-3H3. The molecule has 0 unspecified atom stereocenters. The van der Waals surface area contributed by atoms with Crippen molar-refractivity contribution in [1.82, 2.24) is 10.2 Å². The molecule has 0 aromatic heterocycles. The van der Waals surface area contributed by atoms with E-state index in [1.165, 1.54) is 0 Å². The summed E-state index contributed by atoms with van der Waals surface area (Å²) in [5.74, 6) is 1.34. The third-order valence-electron chi connectivity index (χ3n) is 4.52. The summed E-state index contributed by atoms with van der Waals surface area (Å²) >= 11 is 0. The molecule has 1 aliphatic heterocycles. The van der Waals surface area contributed by atoms with Gasteiger partial charge >= 0.3 is 5.97 Å². The summed E-state index contributed by atoms with van der Waals surface area (Å²) in [6.45, 7) is 10.8. The van der Waals surface area contributed by atoms with E-state index in [0.717, 1.165) is 39.0 Å². The molecular formula is C14H26N2O2. The monoisotopic (exact) mass is 254 g/mol. The molecule has 1 aliphatic carbocycles. The van der Waals surface area contributed by atoms with Gasteiger partial charge in [0.05, 0.1) is 6.61 Å². The van der Waals surface area contributed by atoms with Gasteiger partial charge in [-0.15, -0.1) is 0 Å². The van der Waals surface area contributed by atoms with Gasteiger partial charge in [0, 0.05) is 26.2 Å². The SMILES string of the molecule is CCOC(=O)C1(N2CCNCC2)CC(C(C)C)C1. The van der Waals surface area contributed by atoms with Crippen LogP contribution in [0.1, 0.15) is 33.6 Å². The van der Waals surface area contributed by atoms with E-state index in [4.69, 9.17) is 4.74 Å². The number of hydrogen-bond acceptors (Lipinski definition) is 4. The van der Waals surface area contributed by atoms with Crippen molar-refractivity contribution in [3.63, 3.8) is 0 Å². The van der Waals surface area contributed by atoms with E-state index in [1.54, 1.807) is 0 Å². The molecule has 0 aromatic carbocycles. The predicted octanol–water partition coefficient (Wildman–Crippen LogP) is 1.26. The second kappa shape index (κ2) is 5.57. The first-order valence-electron chi connectivity index (χ1n) is 7.23. The summed E-state index contributed by atoms with van der Waals surface area (Å²) in [6.07, 6.45) is 1.95. The van der Waals surface area contributed by atoms with Crippen LogP contribution in [0.2, 0.25) is 0 Å². The molecule has 0 bridgehead atoms. The van der Waals surface area contributed by atoms with Crippen LogP contribution in [0.15, 0.2) is 0 Å². The summed E-state index contributed by atoms with van der Waals surface area (Å²) in [5.41, 5.74) is -0.312. The smallest absolute Gasteiger partial charge is 0.326 e. The first-order chi connectivity index (χ1) is 8.60. The normalized spacial score (nSPS) is 33.2. The molecular weight excluding hydrogens is 228 g/mol. The zero-order chi connectivity index (χ0) is 13.2. The van der Waals surface area contributed by atoms with Crippen LogP contribution in [-0.2, 0) is 9.53 Å². The lowest BCUT2D eigenvalue weighted by atomic mass is 9.63. The maximum absolute atomic E-state index is 12.3. The van der Waals surface area contributed by atoms with Crippen LogP contribution in [0.3, 0.4) is 0 Å². The Kier molecular flexibility index (Phi) is 4.28. The van der Waals surface area contributed by atoms with Crippen LogP contribution in [0.25, 0.3) is 0 Å². The largest absolute Gasteiger partial charge is 0.465 e. The highest BCUT2D eigenvalue weighted by Crippen LogP contribution is 2.47. The van der Waals surface area contributed by atoms with Gasteiger partial charge in [0.15, 0.2) is 0 Å². The van der Waals surface area contributed by atoms with Crippen molar-refractivity contribution in [2.24, 2.45) is 11.8 Å². The molecule has 0 aromatic rings. The minimum atomic E-state index is -0.312. The Morgan fingerprint density at radius 2 is 2.00 bits per heavy atom. The molecule has 1 saturated heterocycles. The number of rotatable bonds is 4. The van der Waals surface area contributed by atoms with E-state index in [0.29, 0.717) is 18.4 Å². The van der Waals surface area contributed by atoms with E-state index in [9.17, 15) is 4.79 Å². The van der Waals surface area contributed by atoms with Crippen molar-refractivity contribution >= 4 is 5.97 Å². The second-order valence-electron chi connectivity index (χ2n) is 5.90. The quantitative estimate of drug-likeness (QED) is 0.767. The number of hydrogen-bond donors (Lipinski definition) is 1. The van der Waals surface area contributed by atoms with Gasteiger partial charge in [0.25, 0.3) is 0 Å². The highest BCUT2D eigenvalue weighted by atomic mass is 16.5. The Morgan fingerprint density at radius 1 is 1.39 bits per heavy atom. The maximum Gasteiger partial charge on any atom is 0.326 e. The fourth-order valence-electron chi connectivity index (χ4n) is 3.19. The average Bonchev–Trinajstić information content (AvgIpc) is 2.29. The van der Waals surface area contributed by atoms with Gasteiger partial charge in [0.1, 0.15) is 5.54 Å². The van der Waals surface area contributed by atoms with Crippen LogP contribution in [0.4, 0.5) is 0 Å². The van der Waals surface area contributed by atoms with Crippen molar-refractivity contribution in [2.45, 2.75) is 39.2 Å².